The van der Waals surface area contributed by atoms with E-state index in [-0.39, 0.29) is 42.1 Å². The molecule has 1 fully saturated rings. The van der Waals surface area contributed by atoms with Crippen LogP contribution in [0.2, 0.25) is 0 Å². The number of ether oxygens (including phenoxy) is 3. The summed E-state index contributed by atoms with van der Waals surface area (Å²) in [6.07, 6.45) is 16.0. The van der Waals surface area contributed by atoms with E-state index < -0.39 is 5.79 Å². The van der Waals surface area contributed by atoms with Gasteiger partial charge in [-0.15, -0.1) is 6.58 Å². The molecule has 1 saturated carbocycles. The topological polar surface area (TPSA) is 116 Å². The lowest BCUT2D eigenvalue weighted by atomic mass is 9.56. The molecule has 0 radical (unpaired) electrons. The summed E-state index contributed by atoms with van der Waals surface area (Å²) in [5, 5.41) is 24.3. The molecule has 2 heterocycles. The van der Waals surface area contributed by atoms with Gasteiger partial charge < -0.3 is 29.3 Å². The number of aromatic nitrogens is 2. The number of hydrogen-bond acceptors (Lipinski definition) is 10. The van der Waals surface area contributed by atoms with Crippen molar-refractivity contribution in [2.45, 2.75) is 89.1 Å². The van der Waals surface area contributed by atoms with Crippen molar-refractivity contribution < 1.29 is 29.3 Å². The van der Waals surface area contributed by atoms with E-state index in [1.165, 1.54) is 11.1 Å². The highest BCUT2D eigenvalue weighted by atomic mass is 32.2. The number of aliphatic hydroxyl groups excluding tert-OH is 2. The highest BCUT2D eigenvalue weighted by Crippen LogP contribution is 2.62. The van der Waals surface area contributed by atoms with Gasteiger partial charge in [-0.3, -0.25) is 9.97 Å². The molecule has 0 saturated heterocycles. The van der Waals surface area contributed by atoms with E-state index in [1.54, 1.807) is 18.5 Å². The molecule has 6 rings (SSSR count). The minimum atomic E-state index is -1.02. The highest BCUT2D eigenvalue weighted by molar-refractivity contribution is 8.00. The second kappa shape index (κ2) is 18.6. The average molecular weight is 742 g/mol. The zero-order valence-corrected chi connectivity index (χ0v) is 32.2. The van der Waals surface area contributed by atoms with Gasteiger partial charge in [0.25, 0.3) is 0 Å². The number of rotatable bonds is 19. The largest absolute Gasteiger partial charge is 0.460 e. The fourth-order valence-corrected chi connectivity index (χ4v) is 9.74. The Hall–Kier alpha value is -3.70. The molecule has 284 valence electrons. The predicted octanol–water partition coefficient (Wildman–Crippen LogP) is 8.52. The first kappa shape index (κ1) is 39.0. The van der Waals surface area contributed by atoms with E-state index in [9.17, 15) is 10.2 Å². The van der Waals surface area contributed by atoms with Gasteiger partial charge >= 0.3 is 0 Å². The molecule has 2 aromatic carbocycles. The van der Waals surface area contributed by atoms with Crippen LogP contribution < -0.4 is 9.47 Å². The van der Waals surface area contributed by atoms with Gasteiger partial charge in [0, 0.05) is 56.1 Å². The van der Waals surface area contributed by atoms with Crippen molar-refractivity contribution >= 4 is 17.5 Å². The SMILES string of the molecule is C=CCO[C@@]12Oc3ccc(Oc4ccc(C)c(C)c4)cc3[C@H]3[C@H](CCCCO)[C@@H](CCCCO)C=C(C(=NOCC)C[C@@H]1SCCc1cnccn1)[C@H]32. The second-order valence-corrected chi connectivity index (χ2v) is 15.6. The molecular weight excluding hydrogens is 687 g/mol. The zero-order chi connectivity index (χ0) is 37.2. The van der Waals surface area contributed by atoms with Gasteiger partial charge in [-0.05, 0) is 111 Å². The maximum absolute atomic E-state index is 9.88. The predicted molar refractivity (Wildman–Crippen MR) is 211 cm³/mol. The summed E-state index contributed by atoms with van der Waals surface area (Å²) in [7, 11) is 0. The van der Waals surface area contributed by atoms with Gasteiger partial charge in [0.1, 0.15) is 23.9 Å². The molecule has 9 nitrogen and oxygen atoms in total. The number of thioether (sulfide) groups is 1. The number of aryl methyl sites for hydroxylation is 3. The van der Waals surface area contributed by atoms with Crippen LogP contribution >= 0.6 is 11.8 Å². The van der Waals surface area contributed by atoms with Crippen molar-refractivity contribution in [2.24, 2.45) is 22.9 Å². The smallest absolute Gasteiger partial charge is 0.230 e. The molecule has 6 atom stereocenters. The number of nitrogens with zero attached hydrogens (tertiary/aromatic N) is 3. The summed E-state index contributed by atoms with van der Waals surface area (Å²) in [5.41, 5.74) is 6.50. The van der Waals surface area contributed by atoms with Crippen LogP contribution in [0.1, 0.15) is 80.2 Å². The minimum Gasteiger partial charge on any atom is -0.460 e. The van der Waals surface area contributed by atoms with Crippen LogP contribution in [0.15, 0.2) is 84.4 Å². The number of benzene rings is 2. The molecular formula is C43H55N3O6S. The second-order valence-electron chi connectivity index (χ2n) is 14.3. The number of allylic oxidation sites excluding steroid dienone is 1. The average Bonchev–Trinajstić information content (AvgIpc) is 3.17. The Morgan fingerprint density at radius 2 is 1.81 bits per heavy atom. The Labute approximate surface area is 318 Å². The summed E-state index contributed by atoms with van der Waals surface area (Å²) in [6, 6.07) is 12.4. The Morgan fingerprint density at radius 1 is 1.02 bits per heavy atom. The first-order valence-electron chi connectivity index (χ1n) is 19.2. The molecule has 2 aliphatic carbocycles. The number of fused-ring (bicyclic) bond motifs is 2. The van der Waals surface area contributed by atoms with E-state index in [1.807, 2.05) is 37.0 Å². The van der Waals surface area contributed by atoms with Gasteiger partial charge in [-0.2, -0.15) is 11.8 Å². The van der Waals surface area contributed by atoms with Gasteiger partial charge in [0.05, 0.1) is 29.2 Å². The van der Waals surface area contributed by atoms with Gasteiger partial charge in [-0.25, -0.2) is 0 Å². The van der Waals surface area contributed by atoms with Crippen LogP contribution in [-0.2, 0) is 16.0 Å². The Bertz CT molecular complexity index is 1730. The number of hydrogen-bond donors (Lipinski definition) is 2. The molecule has 0 spiro atoms. The van der Waals surface area contributed by atoms with Crippen LogP contribution in [0.5, 0.6) is 17.2 Å². The van der Waals surface area contributed by atoms with Crippen LogP contribution in [0, 0.1) is 31.6 Å². The van der Waals surface area contributed by atoms with Crippen molar-refractivity contribution in [3.63, 3.8) is 0 Å². The van der Waals surface area contributed by atoms with Crippen LogP contribution in [0.4, 0.5) is 0 Å². The molecule has 10 heteroatoms. The molecule has 0 bridgehead atoms. The summed E-state index contributed by atoms with van der Waals surface area (Å²) in [6.45, 7) is 11.3. The van der Waals surface area contributed by atoms with Gasteiger partial charge in [0.2, 0.25) is 5.79 Å². The lowest BCUT2D eigenvalue weighted by molar-refractivity contribution is -0.223. The Morgan fingerprint density at radius 3 is 2.55 bits per heavy atom. The third-order valence-corrected chi connectivity index (χ3v) is 12.3. The third-order valence-electron chi connectivity index (χ3n) is 10.9. The van der Waals surface area contributed by atoms with E-state index in [0.717, 1.165) is 90.5 Å². The normalized spacial score (nSPS) is 25.2. The molecule has 3 aromatic rings. The van der Waals surface area contributed by atoms with Crippen molar-refractivity contribution in [3.8, 4) is 17.2 Å². The van der Waals surface area contributed by atoms with Crippen LogP contribution in [0.3, 0.4) is 0 Å². The molecule has 0 unspecified atom stereocenters. The minimum absolute atomic E-state index is 0.0000878. The van der Waals surface area contributed by atoms with E-state index >= 15 is 0 Å². The first-order chi connectivity index (χ1) is 25.9. The van der Waals surface area contributed by atoms with Crippen molar-refractivity contribution in [1.82, 2.24) is 9.97 Å². The first-order valence-corrected chi connectivity index (χ1v) is 20.3. The number of aliphatic hydroxyl groups is 2. The van der Waals surface area contributed by atoms with E-state index in [2.05, 4.69) is 60.7 Å². The van der Waals surface area contributed by atoms with Crippen LogP contribution in [0.25, 0.3) is 0 Å². The molecule has 53 heavy (non-hydrogen) atoms. The maximum atomic E-state index is 9.88. The van der Waals surface area contributed by atoms with E-state index in [0.29, 0.717) is 19.6 Å². The van der Waals surface area contributed by atoms with Crippen molar-refractivity contribution in [1.29, 1.82) is 0 Å². The molecule has 1 aromatic heterocycles. The zero-order valence-electron chi connectivity index (χ0n) is 31.4. The lowest BCUT2D eigenvalue weighted by Gasteiger charge is -2.58. The Kier molecular flexibility index (Phi) is 13.7. The maximum Gasteiger partial charge on any atom is 0.230 e. The summed E-state index contributed by atoms with van der Waals surface area (Å²) < 4.78 is 20.8. The third kappa shape index (κ3) is 8.83. The lowest BCUT2D eigenvalue weighted by Crippen LogP contribution is -2.64. The van der Waals surface area contributed by atoms with Crippen molar-refractivity contribution in [3.05, 3.63) is 102 Å². The standard InChI is InChI=1S/C43H55N3O6S/c1-5-22-49-43-40(53-23-17-32-28-44-18-19-45-32)27-38(46-50-6-2)36-25-31(11-7-9-20-47)35(12-8-10-21-48)41(42(36)43)37-26-34(15-16-39(37)52-43)51-33-14-13-29(3)30(4)24-33/h5,13-16,18-19,24-26,28,31,35,40-42,47-48H,1,6-12,17,20-23,27H2,2-4H3/t31-,35+,40-,41+,42+,43+/m0/s1. The molecule has 2 N–H and O–H groups in total. The van der Waals surface area contributed by atoms with Crippen molar-refractivity contribution in [2.75, 3.05) is 32.2 Å². The molecule has 1 aliphatic heterocycles. The monoisotopic (exact) mass is 741 g/mol. The number of unbranched alkanes of at least 4 members (excludes halogenated alkanes) is 2. The highest BCUT2D eigenvalue weighted by Gasteiger charge is 2.64. The quantitative estimate of drug-likeness (QED) is 0.0709. The van der Waals surface area contributed by atoms with Gasteiger partial charge in [0.15, 0.2) is 0 Å². The van der Waals surface area contributed by atoms with Gasteiger partial charge in [-0.1, -0.05) is 36.2 Å². The molecule has 0 amide bonds. The fraction of sp³-hybridized carbons (Fsp3) is 0.512. The summed E-state index contributed by atoms with van der Waals surface area (Å²) in [4.78, 5) is 14.6. The van der Waals surface area contributed by atoms with E-state index in [4.69, 9.17) is 24.2 Å². The molecule has 3 aliphatic rings. The summed E-state index contributed by atoms with van der Waals surface area (Å²) in [5.74, 6) is 2.38. The fourth-order valence-electron chi connectivity index (χ4n) is 8.36. The van der Waals surface area contributed by atoms with Crippen LogP contribution in [-0.4, -0.2) is 69.1 Å². The summed E-state index contributed by atoms with van der Waals surface area (Å²) >= 11 is 1.82. The Balaban J connectivity index is 1.50. The number of oxime groups is 1.